The summed E-state index contributed by atoms with van der Waals surface area (Å²) in [4.78, 5) is 35.7. The van der Waals surface area contributed by atoms with Crippen LogP contribution in [-0.4, -0.2) is 98.3 Å². The Morgan fingerprint density at radius 2 is 0.862 bits per heavy atom. The summed E-state index contributed by atoms with van der Waals surface area (Å²) in [6.07, 6.45) is 38.2. The van der Waals surface area contributed by atoms with Gasteiger partial charge in [0.15, 0.2) is 6.10 Å². The third-order valence-corrected chi connectivity index (χ3v) is 12.0. The molecule has 0 bridgehead atoms. The first-order valence-corrected chi connectivity index (χ1v) is 26.2. The number of carbonyl (C=O) groups is 2. The van der Waals surface area contributed by atoms with Gasteiger partial charge in [0.05, 0.1) is 6.61 Å². The average Bonchev–Trinajstić information content (AvgIpc) is 3.29. The summed E-state index contributed by atoms with van der Waals surface area (Å²) in [5, 5.41) is 50.2. The van der Waals surface area contributed by atoms with Crippen molar-refractivity contribution < 1.29 is 63.1 Å². The molecule has 13 nitrogen and oxygen atoms in total. The smallest absolute Gasteiger partial charge is 0.462 e. The molecule has 1 fully saturated rings. The summed E-state index contributed by atoms with van der Waals surface area (Å²) in [6.45, 7) is 3.20. The first kappa shape index (κ1) is 60.3. The second-order valence-corrected chi connectivity index (χ2v) is 18.4. The minimum absolute atomic E-state index is 0.0398. The molecule has 0 spiro atoms. The molecule has 1 saturated carbocycles. The Balaban J connectivity index is 2.49. The van der Waals surface area contributed by atoms with E-state index in [2.05, 4.69) is 68.5 Å². The van der Waals surface area contributed by atoms with Gasteiger partial charge in [0.25, 0.3) is 0 Å². The number of ether oxygens (including phenoxy) is 2. The number of carbonyl (C=O) groups excluding carboxylic acids is 2. The zero-order chi connectivity index (χ0) is 47.8. The molecule has 1 rings (SSSR count). The van der Waals surface area contributed by atoms with Gasteiger partial charge in [-0.2, -0.15) is 0 Å². The van der Waals surface area contributed by atoms with Crippen molar-refractivity contribution in [3.8, 4) is 0 Å². The molecule has 65 heavy (non-hydrogen) atoms. The van der Waals surface area contributed by atoms with Crippen molar-refractivity contribution in [1.29, 1.82) is 0 Å². The highest BCUT2D eigenvalue weighted by atomic mass is 31.2. The summed E-state index contributed by atoms with van der Waals surface area (Å²) in [7, 11) is -5.14. The Morgan fingerprint density at radius 1 is 0.477 bits per heavy atom. The summed E-state index contributed by atoms with van der Waals surface area (Å²) >= 11 is 0. The van der Waals surface area contributed by atoms with Gasteiger partial charge < -0.3 is 39.9 Å². The van der Waals surface area contributed by atoms with E-state index in [1.807, 2.05) is 18.2 Å². The van der Waals surface area contributed by atoms with E-state index in [-0.39, 0.29) is 12.8 Å². The van der Waals surface area contributed by atoms with Crippen LogP contribution in [0.15, 0.2) is 72.9 Å². The van der Waals surface area contributed by atoms with Gasteiger partial charge in [0.1, 0.15) is 43.2 Å². The number of esters is 2. The Hall–Kier alpha value is -2.71. The summed E-state index contributed by atoms with van der Waals surface area (Å²) in [5.74, 6) is -1.20. The fourth-order valence-corrected chi connectivity index (χ4v) is 8.00. The minimum atomic E-state index is -5.14. The second kappa shape index (κ2) is 40.4. The lowest BCUT2D eigenvalue weighted by atomic mass is 9.85. The highest BCUT2D eigenvalue weighted by Gasteiger charge is 2.51. The number of hydrogen-bond donors (Lipinski definition) is 6. The van der Waals surface area contributed by atoms with E-state index >= 15 is 0 Å². The topological polar surface area (TPSA) is 210 Å². The van der Waals surface area contributed by atoms with Crippen molar-refractivity contribution in [3.05, 3.63) is 72.9 Å². The molecule has 8 atom stereocenters. The number of hydrogen-bond acceptors (Lipinski definition) is 12. The van der Waals surface area contributed by atoms with Gasteiger partial charge in [-0.05, 0) is 77.0 Å². The van der Waals surface area contributed by atoms with Crippen LogP contribution in [0.25, 0.3) is 0 Å². The molecule has 0 saturated heterocycles. The first-order valence-electron chi connectivity index (χ1n) is 24.7. The summed E-state index contributed by atoms with van der Waals surface area (Å²) in [6, 6.07) is 0. The maximum atomic E-state index is 12.8. The molecule has 1 aliphatic rings. The number of unbranched alkanes of at least 4 members (excludes halogenated alkanes) is 16. The van der Waals surface area contributed by atoms with Gasteiger partial charge in [-0.1, -0.05) is 164 Å². The predicted octanol–water partition coefficient (Wildman–Crippen LogP) is 10.3. The third-order valence-electron chi connectivity index (χ3n) is 11.0. The van der Waals surface area contributed by atoms with Gasteiger partial charge >= 0.3 is 19.8 Å². The van der Waals surface area contributed by atoms with E-state index in [9.17, 15) is 44.6 Å². The van der Waals surface area contributed by atoms with Crippen LogP contribution < -0.4 is 0 Å². The number of allylic oxidation sites excluding steroid dienone is 12. The quantitative estimate of drug-likeness (QED) is 0.0146. The van der Waals surface area contributed by atoms with Crippen LogP contribution >= 0.6 is 7.82 Å². The molecule has 0 amide bonds. The fraction of sp³-hybridized carbons (Fsp3) is 0.725. The summed E-state index contributed by atoms with van der Waals surface area (Å²) in [5.41, 5.74) is 0. The standard InChI is InChI=1S/C51H87O13P/c1-3-5-7-9-11-13-15-17-19-21-22-24-25-27-29-31-33-35-37-39-44(52)61-41-43(42-62-65(59,60)64-51-49(57)47(55)46(54)48(56)50(51)58)63-45(53)40-38-36-34-32-30-28-26-23-20-18-16-14-12-10-8-6-4-2/h11,13,17-20,22,24,27,29,33,35,43,46-51,54-58H,3-10,12,14-16,21,23,25-26,28,30-32,34,36-42H2,1-2H3,(H,59,60)/b13-11+,19-17+,20-18+,24-22+,29-27+,35-33+/t43-,46?,47-,48?,49?,50?,51?/m0/s1. The molecule has 1 aliphatic carbocycles. The van der Waals surface area contributed by atoms with E-state index in [4.69, 9.17) is 18.5 Å². The highest BCUT2D eigenvalue weighted by molar-refractivity contribution is 7.47. The van der Waals surface area contributed by atoms with Crippen molar-refractivity contribution in [2.45, 2.75) is 224 Å². The molecule has 0 aromatic carbocycles. The van der Waals surface area contributed by atoms with E-state index < -0.39 is 75.7 Å². The van der Waals surface area contributed by atoms with Crippen LogP contribution in [0.3, 0.4) is 0 Å². The monoisotopic (exact) mass is 939 g/mol. The molecule has 374 valence electrons. The number of phosphoric acid groups is 1. The fourth-order valence-electron chi connectivity index (χ4n) is 7.03. The molecule has 0 aromatic heterocycles. The normalized spacial score (nSPS) is 22.0. The predicted molar refractivity (Wildman–Crippen MR) is 258 cm³/mol. The second-order valence-electron chi connectivity index (χ2n) is 17.0. The molecule has 0 heterocycles. The van der Waals surface area contributed by atoms with Crippen LogP contribution in [0.4, 0.5) is 0 Å². The van der Waals surface area contributed by atoms with Crippen LogP contribution in [0.2, 0.25) is 0 Å². The van der Waals surface area contributed by atoms with E-state index in [0.29, 0.717) is 19.3 Å². The minimum Gasteiger partial charge on any atom is -0.462 e. The van der Waals surface area contributed by atoms with Crippen LogP contribution in [0.5, 0.6) is 0 Å². The van der Waals surface area contributed by atoms with Crippen LogP contribution in [0.1, 0.15) is 181 Å². The van der Waals surface area contributed by atoms with Crippen molar-refractivity contribution in [1.82, 2.24) is 0 Å². The molecule has 14 heteroatoms. The van der Waals surface area contributed by atoms with Crippen molar-refractivity contribution in [2.24, 2.45) is 0 Å². The van der Waals surface area contributed by atoms with E-state index in [1.165, 1.54) is 57.8 Å². The van der Waals surface area contributed by atoms with E-state index in [1.54, 1.807) is 0 Å². The maximum Gasteiger partial charge on any atom is 0.472 e. The first-order chi connectivity index (χ1) is 31.4. The largest absolute Gasteiger partial charge is 0.472 e. The van der Waals surface area contributed by atoms with Gasteiger partial charge in [-0.25, -0.2) is 4.57 Å². The average molecular weight is 939 g/mol. The Bertz CT molecular complexity index is 1410. The lowest BCUT2D eigenvalue weighted by molar-refractivity contribution is -0.220. The van der Waals surface area contributed by atoms with Gasteiger partial charge in [-0.15, -0.1) is 0 Å². The Labute approximate surface area is 391 Å². The van der Waals surface area contributed by atoms with Crippen LogP contribution in [0, 0.1) is 0 Å². The number of phosphoric ester groups is 1. The molecular formula is C51H87O13P. The molecule has 0 radical (unpaired) electrons. The van der Waals surface area contributed by atoms with Crippen molar-refractivity contribution in [2.75, 3.05) is 13.2 Å². The molecule has 6 unspecified atom stereocenters. The molecule has 0 aliphatic heterocycles. The molecule has 0 aromatic rings. The van der Waals surface area contributed by atoms with Crippen molar-refractivity contribution in [3.63, 3.8) is 0 Å². The van der Waals surface area contributed by atoms with Crippen molar-refractivity contribution >= 4 is 19.8 Å². The lowest BCUT2D eigenvalue weighted by Gasteiger charge is -2.41. The third kappa shape index (κ3) is 32.6. The van der Waals surface area contributed by atoms with Crippen LogP contribution in [-0.2, 0) is 32.7 Å². The zero-order valence-corrected chi connectivity index (χ0v) is 40.7. The Morgan fingerprint density at radius 3 is 1.37 bits per heavy atom. The lowest BCUT2D eigenvalue weighted by Crippen LogP contribution is -2.64. The Kier molecular flexibility index (Phi) is 37.5. The number of aliphatic hydroxyl groups excluding tert-OH is 5. The maximum absolute atomic E-state index is 12.8. The van der Waals surface area contributed by atoms with Gasteiger partial charge in [-0.3, -0.25) is 18.6 Å². The highest BCUT2D eigenvalue weighted by Crippen LogP contribution is 2.47. The number of rotatable bonds is 40. The SMILES string of the molecule is CCCCC/C=C/C/C=C/C/C=C/C/C=C/C/C=C/CCC(=O)OC[C@@H](COP(=O)(O)OC1C(O)C(O)C(O)[C@H](O)C1O)OC(=O)CCCCCCCCC/C=C/CCCCCCCC. The molecule has 6 N–H and O–H groups in total. The number of aliphatic hydroxyl groups is 5. The van der Waals surface area contributed by atoms with E-state index in [0.717, 1.165) is 77.0 Å². The van der Waals surface area contributed by atoms with Gasteiger partial charge in [0.2, 0.25) is 0 Å². The molecular weight excluding hydrogens is 852 g/mol. The summed E-state index contributed by atoms with van der Waals surface area (Å²) < 4.78 is 33.5. The van der Waals surface area contributed by atoms with Gasteiger partial charge in [0, 0.05) is 12.8 Å². The zero-order valence-electron chi connectivity index (χ0n) is 39.8.